The molecule has 186 valence electrons. The third kappa shape index (κ3) is 7.47. The van der Waals surface area contributed by atoms with Gasteiger partial charge in [0.2, 0.25) is 0 Å². The van der Waals surface area contributed by atoms with Crippen LogP contribution in [0.3, 0.4) is 0 Å². The Hall–Kier alpha value is -3.54. The van der Waals surface area contributed by atoms with Crippen molar-refractivity contribution >= 4 is 11.8 Å². The average molecular weight is 490 g/mol. The summed E-state index contributed by atoms with van der Waals surface area (Å²) < 4.78 is 35.4. The lowest BCUT2D eigenvalue weighted by molar-refractivity contribution is -0.141. The molecule has 0 amide bonds. The van der Waals surface area contributed by atoms with E-state index >= 15 is 0 Å². The molecule has 1 fully saturated rings. The Morgan fingerprint density at radius 1 is 1.00 bits per heavy atom. The van der Waals surface area contributed by atoms with Crippen LogP contribution < -0.4 is 5.73 Å². The van der Waals surface area contributed by atoms with Crippen LogP contribution in [0.25, 0.3) is 11.1 Å². The highest BCUT2D eigenvalue weighted by molar-refractivity contribution is 5.88. The number of carboxylic acids is 1. The second kappa shape index (κ2) is 11.3. The first kappa shape index (κ1) is 26.1. The van der Waals surface area contributed by atoms with E-state index in [9.17, 15) is 28.2 Å². The standard InChI is InChI=1S/C19H21NO4.C5H4F3N3/c21-17-9-10-20(12-18(17)22)11-13-1-3-14(4-2-13)15-5-7-16(8-6-15)19(23)24;6-5(7,8)3-1-10-2-4(9)11-3/h1-8,17-18,21-22H,9-12H2,(H,23,24);1-2H,(H2,9,11). The van der Waals surface area contributed by atoms with E-state index < -0.39 is 30.0 Å². The molecule has 11 heteroatoms. The van der Waals surface area contributed by atoms with Crippen LogP contribution in [-0.4, -0.2) is 61.5 Å². The zero-order valence-electron chi connectivity index (χ0n) is 18.6. The molecule has 5 N–H and O–H groups in total. The predicted molar refractivity (Wildman–Crippen MR) is 122 cm³/mol. The molecule has 0 saturated carbocycles. The number of piperidine rings is 1. The molecule has 1 aliphatic heterocycles. The summed E-state index contributed by atoms with van der Waals surface area (Å²) in [5.41, 5.74) is 7.34. The molecular weight excluding hydrogens is 465 g/mol. The molecule has 0 bridgehead atoms. The molecular formula is C24H25F3N4O4. The third-order valence-electron chi connectivity index (χ3n) is 5.40. The lowest BCUT2D eigenvalue weighted by Gasteiger charge is -2.33. The van der Waals surface area contributed by atoms with E-state index in [1.54, 1.807) is 24.3 Å². The molecule has 1 aliphatic rings. The van der Waals surface area contributed by atoms with Gasteiger partial charge >= 0.3 is 12.1 Å². The van der Waals surface area contributed by atoms with Gasteiger partial charge in [-0.3, -0.25) is 9.88 Å². The van der Waals surface area contributed by atoms with E-state index in [1.807, 2.05) is 24.3 Å². The second-order valence-electron chi connectivity index (χ2n) is 8.06. The van der Waals surface area contributed by atoms with Gasteiger partial charge in [-0.05, 0) is 35.2 Å². The lowest BCUT2D eigenvalue weighted by atomic mass is 10.0. The number of nitrogen functional groups attached to an aromatic ring is 1. The van der Waals surface area contributed by atoms with E-state index in [1.165, 1.54) is 0 Å². The maximum atomic E-state index is 11.8. The molecule has 2 aromatic carbocycles. The third-order valence-corrected chi connectivity index (χ3v) is 5.40. The summed E-state index contributed by atoms with van der Waals surface area (Å²) in [4.78, 5) is 19.3. The molecule has 1 aromatic heterocycles. The Morgan fingerprint density at radius 3 is 2.09 bits per heavy atom. The van der Waals surface area contributed by atoms with Crippen LogP contribution in [0.15, 0.2) is 60.9 Å². The van der Waals surface area contributed by atoms with Crippen LogP contribution in [0, 0.1) is 0 Å². The van der Waals surface area contributed by atoms with Gasteiger partial charge in [-0.15, -0.1) is 0 Å². The van der Waals surface area contributed by atoms with Gasteiger partial charge in [0.15, 0.2) is 5.69 Å². The monoisotopic (exact) mass is 490 g/mol. The minimum absolute atomic E-state index is 0.236. The van der Waals surface area contributed by atoms with Crippen LogP contribution in [0.1, 0.15) is 28.0 Å². The smallest absolute Gasteiger partial charge is 0.434 e. The number of nitrogens with two attached hydrogens (primary N) is 1. The van der Waals surface area contributed by atoms with E-state index in [-0.39, 0.29) is 11.4 Å². The largest absolute Gasteiger partial charge is 0.478 e. The van der Waals surface area contributed by atoms with Crippen molar-refractivity contribution in [2.75, 3.05) is 18.8 Å². The Kier molecular flexibility index (Phi) is 8.39. The number of aliphatic hydroxyl groups excluding tert-OH is 2. The second-order valence-corrected chi connectivity index (χ2v) is 8.06. The number of hydrogen-bond donors (Lipinski definition) is 4. The maximum absolute atomic E-state index is 11.8. The molecule has 0 radical (unpaired) electrons. The number of benzene rings is 2. The average Bonchev–Trinajstić information content (AvgIpc) is 2.82. The van der Waals surface area contributed by atoms with Crippen molar-refractivity contribution in [1.82, 2.24) is 14.9 Å². The van der Waals surface area contributed by atoms with Gasteiger partial charge in [-0.25, -0.2) is 9.78 Å². The summed E-state index contributed by atoms with van der Waals surface area (Å²) in [5, 5.41) is 28.2. The fourth-order valence-corrected chi connectivity index (χ4v) is 3.51. The van der Waals surface area contributed by atoms with Crippen molar-refractivity contribution in [3.63, 3.8) is 0 Å². The number of halogens is 3. The van der Waals surface area contributed by atoms with Crippen LogP contribution in [0.4, 0.5) is 19.0 Å². The number of aromatic nitrogens is 2. The maximum Gasteiger partial charge on any atom is 0.434 e. The fourth-order valence-electron chi connectivity index (χ4n) is 3.51. The first-order chi connectivity index (χ1) is 16.5. The summed E-state index contributed by atoms with van der Waals surface area (Å²) in [6, 6.07) is 14.9. The highest BCUT2D eigenvalue weighted by atomic mass is 19.4. The van der Waals surface area contributed by atoms with Crippen LogP contribution >= 0.6 is 0 Å². The number of aliphatic hydroxyl groups is 2. The quantitative estimate of drug-likeness (QED) is 0.439. The number of nitrogens with zero attached hydrogens (tertiary/aromatic N) is 3. The molecule has 0 spiro atoms. The van der Waals surface area contributed by atoms with E-state index in [0.717, 1.165) is 36.0 Å². The number of carbonyl (C=O) groups is 1. The highest BCUT2D eigenvalue weighted by Crippen LogP contribution is 2.27. The Morgan fingerprint density at radius 2 is 1.60 bits per heavy atom. The number of likely N-dealkylation sites (tertiary alicyclic amines) is 1. The molecule has 2 atom stereocenters. The van der Waals surface area contributed by atoms with E-state index in [2.05, 4.69) is 14.9 Å². The normalized spacial score (nSPS) is 18.4. The van der Waals surface area contributed by atoms with Gasteiger partial charge in [0, 0.05) is 19.6 Å². The van der Waals surface area contributed by atoms with Crippen LogP contribution in [0.5, 0.6) is 0 Å². The van der Waals surface area contributed by atoms with Crippen molar-refractivity contribution in [2.24, 2.45) is 0 Å². The number of rotatable bonds is 4. The van der Waals surface area contributed by atoms with Gasteiger partial charge in [-0.2, -0.15) is 13.2 Å². The van der Waals surface area contributed by atoms with Gasteiger partial charge in [0.25, 0.3) is 0 Å². The molecule has 2 unspecified atom stereocenters. The van der Waals surface area contributed by atoms with Gasteiger partial charge < -0.3 is 21.1 Å². The van der Waals surface area contributed by atoms with Crippen molar-refractivity contribution in [2.45, 2.75) is 31.3 Å². The van der Waals surface area contributed by atoms with Gasteiger partial charge in [0.05, 0.1) is 30.2 Å². The first-order valence-electron chi connectivity index (χ1n) is 10.7. The zero-order valence-corrected chi connectivity index (χ0v) is 18.6. The molecule has 1 saturated heterocycles. The number of aromatic carboxylic acids is 1. The summed E-state index contributed by atoms with van der Waals surface area (Å²) >= 11 is 0. The number of hydrogen-bond acceptors (Lipinski definition) is 7. The van der Waals surface area contributed by atoms with Crippen molar-refractivity contribution in [1.29, 1.82) is 0 Å². The lowest BCUT2D eigenvalue weighted by Crippen LogP contribution is -2.46. The minimum Gasteiger partial charge on any atom is -0.478 e. The Labute approximate surface area is 199 Å². The number of carboxylic acid groups (broad SMARTS) is 1. The van der Waals surface area contributed by atoms with Gasteiger partial charge in [-0.1, -0.05) is 36.4 Å². The van der Waals surface area contributed by atoms with Crippen molar-refractivity contribution in [3.8, 4) is 11.1 Å². The molecule has 3 aromatic rings. The summed E-state index contributed by atoms with van der Waals surface area (Å²) in [6.07, 6.45) is -3.49. The molecule has 0 aliphatic carbocycles. The topological polar surface area (TPSA) is 133 Å². The van der Waals surface area contributed by atoms with E-state index in [4.69, 9.17) is 10.8 Å². The van der Waals surface area contributed by atoms with Gasteiger partial charge in [0.1, 0.15) is 5.82 Å². The van der Waals surface area contributed by atoms with E-state index in [0.29, 0.717) is 19.2 Å². The minimum atomic E-state index is -4.47. The molecule has 4 rings (SSSR count). The summed E-state index contributed by atoms with van der Waals surface area (Å²) in [7, 11) is 0. The fraction of sp³-hybridized carbons (Fsp3) is 0.292. The number of β-amino-alcohol motifs (C(OH)–C–C–N with tert-alkyl or cyclic N) is 1. The number of anilines is 1. The number of alkyl halides is 3. The predicted octanol–water partition coefficient (Wildman–Crippen LogP) is 3.06. The highest BCUT2D eigenvalue weighted by Gasteiger charge is 2.32. The molecule has 35 heavy (non-hydrogen) atoms. The Bertz CT molecular complexity index is 1120. The van der Waals surface area contributed by atoms with Crippen molar-refractivity contribution < 1.29 is 33.3 Å². The van der Waals surface area contributed by atoms with Crippen LogP contribution in [0.2, 0.25) is 0 Å². The zero-order chi connectivity index (χ0) is 25.6. The molecule has 8 nitrogen and oxygen atoms in total. The van der Waals surface area contributed by atoms with Crippen LogP contribution in [-0.2, 0) is 12.7 Å². The first-order valence-corrected chi connectivity index (χ1v) is 10.7. The summed E-state index contributed by atoms with van der Waals surface area (Å²) in [5.74, 6) is -1.16. The summed E-state index contributed by atoms with van der Waals surface area (Å²) in [6.45, 7) is 2.00. The van der Waals surface area contributed by atoms with Crippen molar-refractivity contribution in [3.05, 3.63) is 77.7 Å². The SMILES string of the molecule is Nc1cncc(C(F)(F)F)n1.O=C(O)c1ccc(-c2ccc(CN3CCC(O)C(O)C3)cc2)cc1. The molecule has 2 heterocycles. The Balaban J connectivity index is 0.000000261.